The van der Waals surface area contributed by atoms with Crippen LogP contribution >= 0.6 is 0 Å². The van der Waals surface area contributed by atoms with E-state index in [4.69, 9.17) is 15.2 Å². The van der Waals surface area contributed by atoms with Crippen LogP contribution in [0.3, 0.4) is 0 Å². The zero-order valence-electron chi connectivity index (χ0n) is 15.8. The van der Waals surface area contributed by atoms with Crippen LogP contribution in [0.25, 0.3) is 0 Å². The van der Waals surface area contributed by atoms with Crippen molar-refractivity contribution in [3.8, 4) is 11.5 Å². The van der Waals surface area contributed by atoms with Gasteiger partial charge in [-0.3, -0.25) is 9.59 Å². The molecule has 0 saturated carbocycles. The molecule has 0 atom stereocenters. The highest BCUT2D eigenvalue weighted by Gasteiger charge is 2.10. The van der Waals surface area contributed by atoms with Crippen LogP contribution in [0.4, 0.5) is 5.69 Å². The van der Waals surface area contributed by atoms with Crippen LogP contribution in [0, 0.1) is 0 Å². The summed E-state index contributed by atoms with van der Waals surface area (Å²) in [5.41, 5.74) is 7.20. The van der Waals surface area contributed by atoms with Gasteiger partial charge >= 0.3 is 0 Å². The number of carbonyl (C=O) groups excluding carboxylic acids is 2. The second-order valence-corrected chi connectivity index (χ2v) is 6.31. The predicted octanol–water partition coefficient (Wildman–Crippen LogP) is 3.77. The Kier molecular flexibility index (Phi) is 6.84. The van der Waals surface area contributed by atoms with Gasteiger partial charge in [-0.25, -0.2) is 0 Å². The molecule has 0 aliphatic heterocycles. The van der Waals surface area contributed by atoms with Crippen molar-refractivity contribution in [3.63, 3.8) is 0 Å². The first-order valence-corrected chi connectivity index (χ1v) is 9.20. The maximum absolute atomic E-state index is 12.6. The lowest BCUT2D eigenvalue weighted by Gasteiger charge is -2.12. The highest BCUT2D eigenvalue weighted by atomic mass is 16.5. The van der Waals surface area contributed by atoms with Crippen LogP contribution in [0.2, 0.25) is 0 Å². The number of rotatable bonds is 9. The molecule has 148 valence electrons. The van der Waals surface area contributed by atoms with Crippen molar-refractivity contribution in [3.05, 3.63) is 90.0 Å². The standard InChI is InChI=1S/C23H22N2O4/c24-22(26)14-15-28-21-9-5-4-8-20(21)25-23(27)18-10-12-19(13-11-18)29-16-17-6-2-1-3-7-17/h1-13H,14-16H2,(H2,24,26)(H,25,27). The molecule has 0 heterocycles. The van der Waals surface area contributed by atoms with E-state index in [0.29, 0.717) is 29.4 Å². The van der Waals surface area contributed by atoms with Gasteiger partial charge in [-0.05, 0) is 42.0 Å². The van der Waals surface area contributed by atoms with Gasteiger partial charge in [-0.1, -0.05) is 42.5 Å². The third kappa shape index (κ3) is 6.10. The number of hydrogen-bond acceptors (Lipinski definition) is 4. The molecule has 0 fully saturated rings. The lowest BCUT2D eigenvalue weighted by atomic mass is 10.2. The molecule has 0 spiro atoms. The Morgan fingerprint density at radius 3 is 2.24 bits per heavy atom. The molecule has 29 heavy (non-hydrogen) atoms. The zero-order chi connectivity index (χ0) is 20.5. The molecule has 0 aliphatic carbocycles. The Labute approximate surface area is 169 Å². The average Bonchev–Trinajstić information content (AvgIpc) is 2.74. The normalized spacial score (nSPS) is 10.2. The Morgan fingerprint density at radius 1 is 0.828 bits per heavy atom. The van der Waals surface area contributed by atoms with Gasteiger partial charge in [0.25, 0.3) is 5.91 Å². The van der Waals surface area contributed by atoms with E-state index in [2.05, 4.69) is 5.32 Å². The summed E-state index contributed by atoms with van der Waals surface area (Å²) in [4.78, 5) is 23.4. The predicted molar refractivity (Wildman–Crippen MR) is 111 cm³/mol. The number of nitrogens with two attached hydrogens (primary N) is 1. The van der Waals surface area contributed by atoms with Crippen molar-refractivity contribution in [1.82, 2.24) is 0 Å². The number of ether oxygens (including phenoxy) is 2. The monoisotopic (exact) mass is 390 g/mol. The smallest absolute Gasteiger partial charge is 0.255 e. The molecule has 2 amide bonds. The molecule has 0 saturated heterocycles. The molecule has 6 nitrogen and oxygen atoms in total. The molecule has 0 radical (unpaired) electrons. The van der Waals surface area contributed by atoms with Crippen molar-refractivity contribution in [1.29, 1.82) is 0 Å². The Bertz CT molecular complexity index is 956. The number of hydrogen-bond donors (Lipinski definition) is 2. The first-order chi connectivity index (χ1) is 14.1. The lowest BCUT2D eigenvalue weighted by Crippen LogP contribution is -2.16. The minimum atomic E-state index is -0.443. The Hall–Kier alpha value is -3.80. The molecule has 3 N–H and O–H groups in total. The number of primary amides is 1. The van der Waals surface area contributed by atoms with E-state index in [9.17, 15) is 9.59 Å². The molecule has 0 aliphatic rings. The maximum Gasteiger partial charge on any atom is 0.255 e. The van der Waals surface area contributed by atoms with Crippen LogP contribution < -0.4 is 20.5 Å². The van der Waals surface area contributed by atoms with Gasteiger partial charge in [0.15, 0.2) is 0 Å². The second-order valence-electron chi connectivity index (χ2n) is 6.31. The summed E-state index contributed by atoms with van der Waals surface area (Å²) in [6, 6.07) is 23.8. The summed E-state index contributed by atoms with van der Waals surface area (Å²) in [5, 5.41) is 2.82. The maximum atomic E-state index is 12.6. The summed E-state index contributed by atoms with van der Waals surface area (Å²) in [5.74, 6) is 0.442. The van der Waals surface area contributed by atoms with Crippen LogP contribution in [0.1, 0.15) is 22.3 Å². The van der Waals surface area contributed by atoms with Crippen molar-refractivity contribution in [2.45, 2.75) is 13.0 Å². The minimum Gasteiger partial charge on any atom is -0.491 e. The third-order valence-electron chi connectivity index (χ3n) is 4.11. The van der Waals surface area contributed by atoms with Gasteiger partial charge < -0.3 is 20.5 Å². The first-order valence-electron chi connectivity index (χ1n) is 9.20. The second kappa shape index (κ2) is 9.94. The molecular formula is C23H22N2O4. The van der Waals surface area contributed by atoms with Crippen LogP contribution in [-0.4, -0.2) is 18.4 Å². The van der Waals surface area contributed by atoms with Gasteiger partial charge in [0.05, 0.1) is 18.7 Å². The topological polar surface area (TPSA) is 90.7 Å². The summed E-state index contributed by atoms with van der Waals surface area (Å²) in [7, 11) is 0. The third-order valence-corrected chi connectivity index (χ3v) is 4.11. The van der Waals surface area contributed by atoms with E-state index >= 15 is 0 Å². The molecular weight excluding hydrogens is 368 g/mol. The van der Waals surface area contributed by atoms with E-state index < -0.39 is 5.91 Å². The van der Waals surface area contributed by atoms with Crippen molar-refractivity contribution in [2.24, 2.45) is 5.73 Å². The summed E-state index contributed by atoms with van der Waals surface area (Å²) >= 11 is 0. The van der Waals surface area contributed by atoms with E-state index in [-0.39, 0.29) is 18.9 Å². The highest BCUT2D eigenvalue weighted by Crippen LogP contribution is 2.25. The molecule has 0 unspecified atom stereocenters. The number of nitrogens with one attached hydrogen (secondary N) is 1. The molecule has 6 heteroatoms. The minimum absolute atomic E-state index is 0.104. The summed E-state index contributed by atoms with van der Waals surface area (Å²) in [6.07, 6.45) is 0.104. The number of carbonyl (C=O) groups is 2. The lowest BCUT2D eigenvalue weighted by molar-refractivity contribution is -0.118. The van der Waals surface area contributed by atoms with E-state index in [1.54, 1.807) is 48.5 Å². The number of anilines is 1. The van der Waals surface area contributed by atoms with Crippen LogP contribution in [0.5, 0.6) is 11.5 Å². The highest BCUT2D eigenvalue weighted by molar-refractivity contribution is 6.05. The summed E-state index contributed by atoms with van der Waals surface area (Å²) in [6.45, 7) is 0.609. The van der Waals surface area contributed by atoms with Gasteiger partial charge in [0, 0.05) is 5.56 Å². The largest absolute Gasteiger partial charge is 0.491 e. The van der Waals surface area contributed by atoms with Gasteiger partial charge in [0.1, 0.15) is 18.1 Å². The van der Waals surface area contributed by atoms with Gasteiger partial charge in [0.2, 0.25) is 5.91 Å². The fraction of sp³-hybridized carbons (Fsp3) is 0.130. The van der Waals surface area contributed by atoms with Crippen LogP contribution in [0.15, 0.2) is 78.9 Å². The molecule has 0 aromatic heterocycles. The van der Waals surface area contributed by atoms with Gasteiger partial charge in [-0.2, -0.15) is 0 Å². The average molecular weight is 390 g/mol. The molecule has 3 aromatic rings. The van der Waals surface area contributed by atoms with E-state index in [1.807, 2.05) is 30.3 Å². The number of amides is 2. The van der Waals surface area contributed by atoms with Crippen molar-refractivity contribution in [2.75, 3.05) is 11.9 Å². The quantitative estimate of drug-likeness (QED) is 0.582. The van der Waals surface area contributed by atoms with Gasteiger partial charge in [-0.15, -0.1) is 0 Å². The fourth-order valence-electron chi connectivity index (χ4n) is 2.60. The Balaban J connectivity index is 1.59. The molecule has 0 bridgehead atoms. The summed E-state index contributed by atoms with van der Waals surface area (Å²) < 4.78 is 11.3. The SMILES string of the molecule is NC(=O)CCOc1ccccc1NC(=O)c1ccc(OCc2ccccc2)cc1. The molecule has 3 rings (SSSR count). The van der Waals surface area contributed by atoms with E-state index in [1.165, 1.54) is 0 Å². The molecule has 3 aromatic carbocycles. The van der Waals surface area contributed by atoms with Crippen molar-refractivity contribution >= 4 is 17.5 Å². The first kappa shape index (κ1) is 19.9. The van der Waals surface area contributed by atoms with Crippen LogP contribution in [-0.2, 0) is 11.4 Å². The van der Waals surface area contributed by atoms with Crippen molar-refractivity contribution < 1.29 is 19.1 Å². The zero-order valence-corrected chi connectivity index (χ0v) is 15.8. The number of para-hydroxylation sites is 2. The Morgan fingerprint density at radius 2 is 1.52 bits per heavy atom. The fourth-order valence-corrected chi connectivity index (χ4v) is 2.60. The van der Waals surface area contributed by atoms with E-state index in [0.717, 1.165) is 5.56 Å². The number of benzene rings is 3.